The molecule has 5 nitrogen and oxygen atoms in total. The number of ether oxygens (including phenoxy) is 2. The molecular weight excluding hydrogens is 269 g/mol. The van der Waals surface area contributed by atoms with Crippen LogP contribution in [0.5, 0.6) is 11.5 Å². The summed E-state index contributed by atoms with van der Waals surface area (Å²) < 4.78 is 66.8. The highest BCUT2D eigenvalue weighted by atomic mass is 19.4. The molecule has 0 aromatic heterocycles. The Kier molecular flexibility index (Phi) is 3.89. The highest BCUT2D eigenvalue weighted by molar-refractivity contribution is 5.48. The molecule has 1 aromatic rings. The Morgan fingerprint density at radius 3 is 2.28 bits per heavy atom. The Balaban J connectivity index is 3.13. The predicted molar refractivity (Wildman–Crippen MR) is 46.4 cm³/mol. The van der Waals surface area contributed by atoms with Crippen molar-refractivity contribution in [2.45, 2.75) is 13.0 Å². The Hall–Kier alpha value is -2.13. The number of hydrogen-bond acceptors (Lipinski definition) is 4. The minimum Gasteiger partial charge on any atom is -0.431 e. The summed E-state index contributed by atoms with van der Waals surface area (Å²) in [4.78, 5) is 9.33. The maximum atomic E-state index is 12.0. The molecule has 0 unspecified atom stereocenters. The molecule has 0 heterocycles. The van der Waals surface area contributed by atoms with E-state index in [1.54, 1.807) is 0 Å². The molecule has 100 valence electrons. The van der Waals surface area contributed by atoms with Crippen molar-refractivity contribution in [3.63, 3.8) is 0 Å². The van der Waals surface area contributed by atoms with Crippen LogP contribution in [0.15, 0.2) is 18.2 Å². The Morgan fingerprint density at radius 1 is 1.22 bits per heavy atom. The highest BCUT2D eigenvalue weighted by Gasteiger charge is 2.33. The maximum Gasteiger partial charge on any atom is 0.573 e. The number of nitro benzene ring substituents is 1. The number of benzene rings is 1. The van der Waals surface area contributed by atoms with Gasteiger partial charge in [-0.25, -0.2) is 0 Å². The van der Waals surface area contributed by atoms with Gasteiger partial charge in [0.15, 0.2) is 11.5 Å². The van der Waals surface area contributed by atoms with Gasteiger partial charge >= 0.3 is 13.0 Å². The van der Waals surface area contributed by atoms with E-state index in [-0.39, 0.29) is 0 Å². The van der Waals surface area contributed by atoms with Crippen molar-refractivity contribution in [3.05, 3.63) is 28.3 Å². The summed E-state index contributed by atoms with van der Waals surface area (Å²) in [6.45, 7) is -3.39. The molecule has 0 atom stereocenters. The summed E-state index contributed by atoms with van der Waals surface area (Å²) in [5, 5.41) is 10.3. The number of non-ortho nitro benzene ring substituents is 1. The molecule has 0 saturated carbocycles. The zero-order chi connectivity index (χ0) is 13.9. The lowest BCUT2D eigenvalue weighted by Gasteiger charge is -2.13. The average molecular weight is 273 g/mol. The fourth-order valence-corrected chi connectivity index (χ4v) is 1.01. The predicted octanol–water partition coefficient (Wildman–Crippen LogP) is 3.09. The van der Waals surface area contributed by atoms with E-state index in [9.17, 15) is 32.1 Å². The van der Waals surface area contributed by atoms with Gasteiger partial charge in [-0.2, -0.15) is 8.78 Å². The summed E-state index contributed by atoms with van der Waals surface area (Å²) in [6, 6.07) is 1.64. The second kappa shape index (κ2) is 5.02. The lowest BCUT2D eigenvalue weighted by molar-refractivity contribution is -0.385. The van der Waals surface area contributed by atoms with E-state index in [1.807, 2.05) is 0 Å². The topological polar surface area (TPSA) is 61.6 Å². The monoisotopic (exact) mass is 273 g/mol. The number of halogens is 5. The van der Waals surface area contributed by atoms with Crippen LogP contribution in [0.4, 0.5) is 27.6 Å². The first kappa shape index (κ1) is 13.9. The van der Waals surface area contributed by atoms with Crippen LogP contribution in [-0.2, 0) is 0 Å². The van der Waals surface area contributed by atoms with Crippen LogP contribution in [0.25, 0.3) is 0 Å². The molecule has 0 bridgehead atoms. The lowest BCUT2D eigenvalue weighted by atomic mass is 10.3. The number of rotatable bonds is 4. The van der Waals surface area contributed by atoms with Gasteiger partial charge in [-0.15, -0.1) is 13.2 Å². The second-order valence-corrected chi connectivity index (χ2v) is 2.81. The summed E-state index contributed by atoms with van der Waals surface area (Å²) in [5.74, 6) is -2.16. The van der Waals surface area contributed by atoms with Crippen LogP contribution < -0.4 is 9.47 Å². The number of nitro groups is 1. The van der Waals surface area contributed by atoms with Crippen LogP contribution >= 0.6 is 0 Å². The van der Waals surface area contributed by atoms with Crippen molar-refractivity contribution >= 4 is 5.69 Å². The number of alkyl halides is 5. The molecule has 0 aliphatic carbocycles. The Morgan fingerprint density at radius 2 is 1.83 bits per heavy atom. The first-order valence-electron chi connectivity index (χ1n) is 4.18. The highest BCUT2D eigenvalue weighted by Crippen LogP contribution is 2.36. The van der Waals surface area contributed by atoms with E-state index in [4.69, 9.17) is 0 Å². The Bertz CT molecular complexity index is 448. The van der Waals surface area contributed by atoms with Crippen molar-refractivity contribution in [2.24, 2.45) is 0 Å². The number of nitrogens with zero attached hydrogens (tertiary/aromatic N) is 1. The maximum absolute atomic E-state index is 12.0. The van der Waals surface area contributed by atoms with Gasteiger partial charge in [0, 0.05) is 6.07 Å². The lowest BCUT2D eigenvalue weighted by Crippen LogP contribution is -2.18. The van der Waals surface area contributed by atoms with Crippen LogP contribution in [0.1, 0.15) is 0 Å². The van der Waals surface area contributed by atoms with E-state index in [0.717, 1.165) is 0 Å². The molecule has 0 radical (unpaired) electrons. The van der Waals surface area contributed by atoms with Gasteiger partial charge < -0.3 is 9.47 Å². The average Bonchev–Trinajstić information content (AvgIpc) is 2.17. The Labute approximate surface area is 95.9 Å². The van der Waals surface area contributed by atoms with E-state index in [1.165, 1.54) is 0 Å². The fourth-order valence-electron chi connectivity index (χ4n) is 1.01. The molecular formula is C8H4F5NO4. The molecule has 0 saturated heterocycles. The molecule has 1 rings (SSSR count). The van der Waals surface area contributed by atoms with Crippen molar-refractivity contribution in [1.82, 2.24) is 0 Å². The fraction of sp³-hybridized carbons (Fsp3) is 0.250. The van der Waals surface area contributed by atoms with Gasteiger partial charge in [-0.05, 0) is 6.07 Å². The molecule has 0 N–H and O–H groups in total. The van der Waals surface area contributed by atoms with E-state index in [2.05, 4.69) is 9.47 Å². The molecule has 0 fully saturated rings. The van der Waals surface area contributed by atoms with Crippen LogP contribution in [-0.4, -0.2) is 17.9 Å². The minimum absolute atomic E-state index is 0.338. The SMILES string of the molecule is O=[N+]([O-])c1ccc(OC(F)F)c(OC(F)(F)F)c1. The quantitative estimate of drug-likeness (QED) is 0.480. The van der Waals surface area contributed by atoms with Gasteiger partial charge in [0.2, 0.25) is 0 Å². The summed E-state index contributed by atoms with van der Waals surface area (Å²) in [6.07, 6.45) is -5.19. The van der Waals surface area contributed by atoms with E-state index < -0.39 is 35.1 Å². The third-order valence-corrected chi connectivity index (χ3v) is 1.58. The molecule has 0 aliphatic heterocycles. The standard InChI is InChI=1S/C8H4F5NO4/c9-7(10)17-5-2-1-4(14(15)16)3-6(5)18-8(11,12)13/h1-3,7H. The minimum atomic E-state index is -5.19. The zero-order valence-electron chi connectivity index (χ0n) is 8.28. The first-order chi connectivity index (χ1) is 8.19. The van der Waals surface area contributed by atoms with Crippen LogP contribution in [0.3, 0.4) is 0 Å². The molecule has 18 heavy (non-hydrogen) atoms. The van der Waals surface area contributed by atoms with Crippen molar-refractivity contribution in [1.29, 1.82) is 0 Å². The van der Waals surface area contributed by atoms with E-state index in [0.29, 0.717) is 18.2 Å². The number of hydrogen-bond donors (Lipinski definition) is 0. The van der Waals surface area contributed by atoms with Gasteiger partial charge in [0.1, 0.15) is 0 Å². The molecule has 0 amide bonds. The van der Waals surface area contributed by atoms with Gasteiger partial charge in [0.25, 0.3) is 5.69 Å². The van der Waals surface area contributed by atoms with Gasteiger partial charge in [0.05, 0.1) is 11.0 Å². The molecule has 0 spiro atoms. The van der Waals surface area contributed by atoms with Crippen LogP contribution in [0, 0.1) is 10.1 Å². The third-order valence-electron chi connectivity index (χ3n) is 1.58. The first-order valence-corrected chi connectivity index (χ1v) is 4.18. The third kappa shape index (κ3) is 4.03. The van der Waals surface area contributed by atoms with E-state index >= 15 is 0 Å². The smallest absolute Gasteiger partial charge is 0.431 e. The molecule has 0 aliphatic rings. The summed E-state index contributed by atoms with van der Waals surface area (Å²) in [5.41, 5.74) is -0.754. The van der Waals surface area contributed by atoms with Crippen molar-refractivity contribution < 1.29 is 36.3 Å². The van der Waals surface area contributed by atoms with Crippen molar-refractivity contribution in [2.75, 3.05) is 0 Å². The van der Waals surface area contributed by atoms with Crippen molar-refractivity contribution in [3.8, 4) is 11.5 Å². The van der Waals surface area contributed by atoms with Gasteiger partial charge in [-0.1, -0.05) is 0 Å². The normalized spacial score (nSPS) is 11.4. The second-order valence-electron chi connectivity index (χ2n) is 2.81. The molecule has 1 aromatic carbocycles. The van der Waals surface area contributed by atoms with Gasteiger partial charge in [-0.3, -0.25) is 10.1 Å². The van der Waals surface area contributed by atoms with Crippen LogP contribution in [0.2, 0.25) is 0 Å². The summed E-state index contributed by atoms with van der Waals surface area (Å²) >= 11 is 0. The summed E-state index contributed by atoms with van der Waals surface area (Å²) in [7, 11) is 0. The largest absolute Gasteiger partial charge is 0.573 e. The zero-order valence-corrected chi connectivity index (χ0v) is 8.28. The molecule has 10 heteroatoms.